The predicted molar refractivity (Wildman–Crippen MR) is 102 cm³/mol. The predicted octanol–water partition coefficient (Wildman–Crippen LogP) is 3.57. The lowest BCUT2D eigenvalue weighted by Gasteiger charge is -2.25. The van der Waals surface area contributed by atoms with Crippen LogP contribution in [0.3, 0.4) is 0 Å². The van der Waals surface area contributed by atoms with Crippen molar-refractivity contribution in [3.05, 3.63) is 59.9 Å². The average molecular weight is 390 g/mol. The number of aryl methyl sites for hydroxylation is 1. The zero-order valence-electron chi connectivity index (χ0n) is 15.0. The fourth-order valence-electron chi connectivity index (χ4n) is 3.14. The van der Waals surface area contributed by atoms with Gasteiger partial charge in [0.25, 0.3) is 0 Å². The van der Waals surface area contributed by atoms with E-state index in [2.05, 4.69) is 5.32 Å². The van der Waals surface area contributed by atoms with Crippen LogP contribution in [0.5, 0.6) is 0 Å². The molecule has 0 aliphatic carbocycles. The molecule has 1 aliphatic heterocycles. The molecule has 0 spiro atoms. The number of halogens is 1. The first kappa shape index (κ1) is 19.5. The van der Waals surface area contributed by atoms with Crippen LogP contribution >= 0.6 is 0 Å². The van der Waals surface area contributed by atoms with Gasteiger partial charge in [0, 0.05) is 25.2 Å². The summed E-state index contributed by atoms with van der Waals surface area (Å²) >= 11 is 0. The Balaban J connectivity index is 1.58. The minimum absolute atomic E-state index is 0.148. The second-order valence-corrected chi connectivity index (χ2v) is 8.57. The molecule has 1 N–H and O–H groups in total. The van der Waals surface area contributed by atoms with Crippen molar-refractivity contribution in [3.63, 3.8) is 0 Å². The number of nitrogens with one attached hydrogen (secondary N) is 1. The molecule has 5 nitrogen and oxygen atoms in total. The second kappa shape index (κ2) is 8.63. The molecule has 1 aliphatic rings. The molecule has 1 heterocycles. The van der Waals surface area contributed by atoms with Crippen molar-refractivity contribution in [1.29, 1.82) is 0 Å². The van der Waals surface area contributed by atoms with Gasteiger partial charge in [-0.05, 0) is 55.2 Å². The number of hydrogen-bond acceptors (Lipinski definition) is 3. The summed E-state index contributed by atoms with van der Waals surface area (Å²) in [6.45, 7) is 1.10. The van der Waals surface area contributed by atoms with Crippen molar-refractivity contribution < 1.29 is 17.6 Å². The first-order valence-corrected chi connectivity index (χ1v) is 10.5. The molecular weight excluding hydrogens is 367 g/mol. The molecule has 0 unspecified atom stereocenters. The van der Waals surface area contributed by atoms with Gasteiger partial charge in [-0.25, -0.2) is 12.8 Å². The SMILES string of the molecule is O=C(CCc1ccccc1F)Nc1ccc(S(=O)(=O)N2CCCCC2)cc1. The first-order chi connectivity index (χ1) is 13.0. The van der Waals surface area contributed by atoms with Crippen LogP contribution in [0.1, 0.15) is 31.2 Å². The number of sulfonamides is 1. The van der Waals surface area contributed by atoms with Gasteiger partial charge in [-0.2, -0.15) is 4.31 Å². The van der Waals surface area contributed by atoms with Crippen molar-refractivity contribution in [2.75, 3.05) is 18.4 Å². The number of rotatable bonds is 6. The van der Waals surface area contributed by atoms with Crippen LogP contribution in [0.25, 0.3) is 0 Å². The summed E-state index contributed by atoms with van der Waals surface area (Å²) in [4.78, 5) is 12.3. The van der Waals surface area contributed by atoms with E-state index >= 15 is 0 Å². The Bertz CT molecular complexity index is 892. The Morgan fingerprint density at radius 2 is 1.67 bits per heavy atom. The number of carbonyl (C=O) groups is 1. The van der Waals surface area contributed by atoms with Crippen LogP contribution in [0, 0.1) is 5.82 Å². The van der Waals surface area contributed by atoms with Crippen molar-refractivity contribution >= 4 is 21.6 Å². The average Bonchev–Trinajstić information content (AvgIpc) is 2.68. The minimum atomic E-state index is -3.48. The number of amides is 1. The molecule has 0 atom stereocenters. The molecule has 0 aromatic heterocycles. The smallest absolute Gasteiger partial charge is 0.243 e. The topological polar surface area (TPSA) is 66.5 Å². The maximum Gasteiger partial charge on any atom is 0.243 e. The van der Waals surface area contributed by atoms with Gasteiger partial charge in [0.05, 0.1) is 4.90 Å². The lowest BCUT2D eigenvalue weighted by molar-refractivity contribution is -0.116. The van der Waals surface area contributed by atoms with Crippen molar-refractivity contribution in [1.82, 2.24) is 4.31 Å². The van der Waals surface area contributed by atoms with Crippen molar-refractivity contribution in [2.45, 2.75) is 37.0 Å². The molecule has 0 bridgehead atoms. The molecule has 0 radical (unpaired) electrons. The van der Waals surface area contributed by atoms with E-state index in [1.807, 2.05) is 0 Å². The molecule has 1 fully saturated rings. The van der Waals surface area contributed by atoms with Gasteiger partial charge in [-0.3, -0.25) is 4.79 Å². The molecule has 0 saturated carbocycles. The monoisotopic (exact) mass is 390 g/mol. The Labute approximate surface area is 159 Å². The summed E-state index contributed by atoms with van der Waals surface area (Å²) < 4.78 is 40.3. The van der Waals surface area contributed by atoms with Crippen molar-refractivity contribution in [2.24, 2.45) is 0 Å². The van der Waals surface area contributed by atoms with Crippen LogP contribution in [-0.2, 0) is 21.2 Å². The van der Waals surface area contributed by atoms with E-state index in [1.165, 1.54) is 22.5 Å². The quantitative estimate of drug-likeness (QED) is 0.820. The summed E-state index contributed by atoms with van der Waals surface area (Å²) in [6, 6.07) is 12.6. The standard InChI is InChI=1S/C20H23FN2O3S/c21-19-7-3-2-6-16(19)8-13-20(24)22-17-9-11-18(12-10-17)27(25,26)23-14-4-1-5-15-23/h2-3,6-7,9-12H,1,4-5,8,13-15H2,(H,22,24). The maximum atomic E-state index is 13.6. The summed E-state index contributed by atoms with van der Waals surface area (Å²) in [5.74, 6) is -0.567. The Kier molecular flexibility index (Phi) is 6.23. The van der Waals surface area contributed by atoms with Gasteiger partial charge in [0.15, 0.2) is 0 Å². The lowest BCUT2D eigenvalue weighted by Crippen LogP contribution is -2.35. The number of benzene rings is 2. The fourth-order valence-corrected chi connectivity index (χ4v) is 4.65. The van der Waals surface area contributed by atoms with Gasteiger partial charge in [0.1, 0.15) is 5.82 Å². The number of anilines is 1. The van der Waals surface area contributed by atoms with Gasteiger partial charge in [-0.15, -0.1) is 0 Å². The molecule has 7 heteroatoms. The number of carbonyl (C=O) groups excluding carboxylic acids is 1. The summed E-state index contributed by atoms with van der Waals surface area (Å²) in [7, 11) is -3.48. The van der Waals surface area contributed by atoms with E-state index in [-0.39, 0.29) is 23.0 Å². The zero-order chi connectivity index (χ0) is 19.3. The zero-order valence-corrected chi connectivity index (χ0v) is 15.8. The first-order valence-electron chi connectivity index (χ1n) is 9.10. The highest BCUT2D eigenvalue weighted by Gasteiger charge is 2.25. The molecule has 2 aromatic rings. The van der Waals surface area contributed by atoms with Crippen molar-refractivity contribution in [3.8, 4) is 0 Å². The van der Waals surface area contributed by atoms with Crippen LogP contribution in [-0.4, -0.2) is 31.7 Å². The third kappa shape index (κ3) is 4.93. The Hall–Kier alpha value is -2.25. The third-order valence-electron chi connectivity index (χ3n) is 4.67. The molecule has 27 heavy (non-hydrogen) atoms. The Morgan fingerprint density at radius 3 is 2.33 bits per heavy atom. The van der Waals surface area contributed by atoms with Gasteiger partial charge >= 0.3 is 0 Å². The number of hydrogen-bond donors (Lipinski definition) is 1. The van der Waals surface area contributed by atoms with Crippen LogP contribution in [0.4, 0.5) is 10.1 Å². The normalized spacial score (nSPS) is 15.4. The van der Waals surface area contributed by atoms with Crippen LogP contribution < -0.4 is 5.32 Å². The van der Waals surface area contributed by atoms with E-state index in [0.29, 0.717) is 30.8 Å². The van der Waals surface area contributed by atoms with E-state index in [9.17, 15) is 17.6 Å². The summed E-state index contributed by atoms with van der Waals surface area (Å²) in [5.41, 5.74) is 1.02. The van der Waals surface area contributed by atoms with Crippen LogP contribution in [0.15, 0.2) is 53.4 Å². The number of piperidine rings is 1. The minimum Gasteiger partial charge on any atom is -0.326 e. The molecule has 144 valence electrons. The molecule has 3 rings (SSSR count). The molecule has 1 saturated heterocycles. The van der Waals surface area contributed by atoms with Gasteiger partial charge in [0.2, 0.25) is 15.9 Å². The number of nitrogens with zero attached hydrogens (tertiary/aromatic N) is 1. The molecular formula is C20H23FN2O3S. The van der Waals surface area contributed by atoms with E-state index in [0.717, 1.165) is 19.3 Å². The van der Waals surface area contributed by atoms with E-state index in [4.69, 9.17) is 0 Å². The van der Waals surface area contributed by atoms with Crippen LogP contribution in [0.2, 0.25) is 0 Å². The summed E-state index contributed by atoms with van der Waals surface area (Å²) in [6.07, 6.45) is 3.28. The molecule has 2 aromatic carbocycles. The fraction of sp³-hybridized carbons (Fsp3) is 0.350. The van der Waals surface area contributed by atoms with E-state index < -0.39 is 10.0 Å². The third-order valence-corrected chi connectivity index (χ3v) is 6.58. The second-order valence-electron chi connectivity index (χ2n) is 6.63. The highest BCUT2D eigenvalue weighted by atomic mass is 32.2. The largest absolute Gasteiger partial charge is 0.326 e. The van der Waals surface area contributed by atoms with E-state index in [1.54, 1.807) is 30.3 Å². The Morgan fingerprint density at radius 1 is 1.00 bits per heavy atom. The lowest BCUT2D eigenvalue weighted by atomic mass is 10.1. The van der Waals surface area contributed by atoms with Gasteiger partial charge < -0.3 is 5.32 Å². The molecule has 1 amide bonds. The van der Waals surface area contributed by atoms with Gasteiger partial charge in [-0.1, -0.05) is 24.6 Å². The highest BCUT2D eigenvalue weighted by Crippen LogP contribution is 2.22. The maximum absolute atomic E-state index is 13.6. The summed E-state index contributed by atoms with van der Waals surface area (Å²) in [5, 5.41) is 2.72. The highest BCUT2D eigenvalue weighted by molar-refractivity contribution is 7.89.